The number of benzene rings is 1. The van der Waals surface area contributed by atoms with Crippen molar-refractivity contribution in [1.82, 2.24) is 10.2 Å². The lowest BCUT2D eigenvalue weighted by Gasteiger charge is -2.31. The van der Waals surface area contributed by atoms with Gasteiger partial charge in [-0.05, 0) is 29.9 Å². The van der Waals surface area contributed by atoms with Crippen molar-refractivity contribution < 1.29 is 14.5 Å². The van der Waals surface area contributed by atoms with Crippen LogP contribution >= 0.6 is 11.3 Å². The van der Waals surface area contributed by atoms with E-state index in [0.29, 0.717) is 19.6 Å². The summed E-state index contributed by atoms with van der Waals surface area (Å²) < 4.78 is 0. The van der Waals surface area contributed by atoms with E-state index in [1.165, 1.54) is 48.4 Å². The van der Waals surface area contributed by atoms with E-state index in [4.69, 9.17) is 0 Å². The summed E-state index contributed by atoms with van der Waals surface area (Å²) in [7, 11) is 0. The Bertz CT molecular complexity index is 822. The Morgan fingerprint density at radius 1 is 1.03 bits per heavy atom. The zero-order valence-electron chi connectivity index (χ0n) is 16.9. The fourth-order valence-electron chi connectivity index (χ4n) is 4.45. The molecule has 2 aliphatic rings. The monoisotopic (exact) mass is 412 g/mol. The Labute approximate surface area is 176 Å². The third-order valence-corrected chi connectivity index (χ3v) is 7.07. The van der Waals surface area contributed by atoms with E-state index >= 15 is 0 Å². The van der Waals surface area contributed by atoms with Crippen molar-refractivity contribution in [2.75, 3.05) is 26.2 Å². The number of hydrogen-bond donors (Lipinski definition) is 2. The highest BCUT2D eigenvalue weighted by Crippen LogP contribution is 2.21. The normalized spacial score (nSPS) is 18.1. The number of likely N-dealkylation sites (tertiary alicyclic amines) is 2. The molecule has 2 aliphatic heterocycles. The lowest BCUT2D eigenvalue weighted by molar-refractivity contribution is -0.901. The van der Waals surface area contributed by atoms with Crippen LogP contribution in [0.1, 0.15) is 46.5 Å². The van der Waals surface area contributed by atoms with Gasteiger partial charge in [0.05, 0.1) is 18.0 Å². The standard InChI is InChI=1S/C23H29N3O2S/c27-22(18-9-13-26(14-10-18)23(28)21-8-5-15-29-21)24-16-19-6-1-2-7-20(19)17-25-11-3-4-12-25/h1-2,5-8,15,18H,3-4,9-14,16-17H2,(H,24,27)/p+1. The molecule has 0 saturated carbocycles. The molecule has 5 nitrogen and oxygen atoms in total. The van der Waals surface area contributed by atoms with Crippen molar-refractivity contribution in [3.8, 4) is 0 Å². The summed E-state index contributed by atoms with van der Waals surface area (Å²) in [6.45, 7) is 5.46. The molecule has 2 N–H and O–H groups in total. The first-order valence-corrected chi connectivity index (χ1v) is 11.6. The Hall–Kier alpha value is -2.18. The van der Waals surface area contributed by atoms with E-state index in [1.54, 1.807) is 4.90 Å². The highest BCUT2D eigenvalue weighted by molar-refractivity contribution is 7.12. The van der Waals surface area contributed by atoms with Crippen molar-refractivity contribution in [1.29, 1.82) is 0 Å². The van der Waals surface area contributed by atoms with E-state index < -0.39 is 0 Å². The minimum absolute atomic E-state index is 0.00115. The van der Waals surface area contributed by atoms with Crippen LogP contribution < -0.4 is 10.2 Å². The van der Waals surface area contributed by atoms with E-state index in [0.717, 1.165) is 24.3 Å². The zero-order valence-corrected chi connectivity index (χ0v) is 17.7. The highest BCUT2D eigenvalue weighted by atomic mass is 32.1. The fourth-order valence-corrected chi connectivity index (χ4v) is 5.14. The first kappa shape index (κ1) is 20.1. The summed E-state index contributed by atoms with van der Waals surface area (Å²) in [5.41, 5.74) is 2.58. The molecule has 2 saturated heterocycles. The molecule has 0 radical (unpaired) electrons. The zero-order chi connectivity index (χ0) is 20.1. The average Bonchev–Trinajstić information content (AvgIpc) is 3.47. The number of nitrogens with zero attached hydrogens (tertiary/aromatic N) is 1. The molecule has 6 heteroatoms. The molecule has 3 heterocycles. The molecular formula is C23H30N3O2S+. The number of rotatable bonds is 6. The summed E-state index contributed by atoms with van der Waals surface area (Å²) in [6.07, 6.45) is 4.12. The van der Waals surface area contributed by atoms with Crippen LogP contribution in [0.4, 0.5) is 0 Å². The summed E-state index contributed by atoms with van der Waals surface area (Å²) >= 11 is 1.48. The summed E-state index contributed by atoms with van der Waals surface area (Å²) in [5, 5.41) is 5.08. The molecule has 0 atom stereocenters. The van der Waals surface area contributed by atoms with Crippen molar-refractivity contribution >= 4 is 23.2 Å². The smallest absolute Gasteiger partial charge is 0.263 e. The van der Waals surface area contributed by atoms with Gasteiger partial charge in [0.1, 0.15) is 6.54 Å². The number of piperidine rings is 1. The first-order valence-electron chi connectivity index (χ1n) is 10.7. The van der Waals surface area contributed by atoms with Crippen LogP contribution in [-0.2, 0) is 17.9 Å². The molecule has 154 valence electrons. The van der Waals surface area contributed by atoms with Gasteiger partial charge in [-0.2, -0.15) is 0 Å². The molecule has 2 fully saturated rings. The number of carbonyl (C=O) groups excluding carboxylic acids is 2. The predicted octanol–water partition coefficient (Wildman–Crippen LogP) is 2.10. The van der Waals surface area contributed by atoms with E-state index in [-0.39, 0.29) is 17.7 Å². The van der Waals surface area contributed by atoms with Crippen LogP contribution in [0.2, 0.25) is 0 Å². The topological polar surface area (TPSA) is 53.9 Å². The molecule has 2 amide bonds. The molecule has 2 aromatic rings. The molecule has 29 heavy (non-hydrogen) atoms. The molecule has 0 spiro atoms. The largest absolute Gasteiger partial charge is 0.352 e. The maximum Gasteiger partial charge on any atom is 0.263 e. The number of thiophene rings is 1. The van der Waals surface area contributed by atoms with Gasteiger partial charge in [-0.25, -0.2) is 0 Å². The molecule has 0 bridgehead atoms. The third kappa shape index (κ3) is 5.06. The van der Waals surface area contributed by atoms with Crippen LogP contribution in [-0.4, -0.2) is 42.9 Å². The fraction of sp³-hybridized carbons (Fsp3) is 0.478. The molecular weight excluding hydrogens is 382 g/mol. The van der Waals surface area contributed by atoms with Crippen LogP contribution in [0, 0.1) is 5.92 Å². The lowest BCUT2D eigenvalue weighted by atomic mass is 9.95. The third-order valence-electron chi connectivity index (χ3n) is 6.21. The average molecular weight is 413 g/mol. The van der Waals surface area contributed by atoms with Gasteiger partial charge in [-0.1, -0.05) is 30.3 Å². The lowest BCUT2D eigenvalue weighted by Crippen LogP contribution is -3.08. The Morgan fingerprint density at radius 3 is 2.45 bits per heavy atom. The van der Waals surface area contributed by atoms with Crippen LogP contribution in [0.5, 0.6) is 0 Å². The van der Waals surface area contributed by atoms with Crippen molar-refractivity contribution in [3.63, 3.8) is 0 Å². The Balaban J connectivity index is 1.27. The number of amides is 2. The number of hydrogen-bond acceptors (Lipinski definition) is 3. The van der Waals surface area contributed by atoms with Gasteiger partial charge in [-0.15, -0.1) is 11.3 Å². The van der Waals surface area contributed by atoms with Crippen molar-refractivity contribution in [3.05, 3.63) is 57.8 Å². The van der Waals surface area contributed by atoms with E-state index in [9.17, 15) is 9.59 Å². The van der Waals surface area contributed by atoms with Crippen molar-refractivity contribution in [2.45, 2.75) is 38.8 Å². The molecule has 1 aromatic carbocycles. The molecule has 4 rings (SSSR count). The van der Waals surface area contributed by atoms with E-state index in [2.05, 4.69) is 29.6 Å². The van der Waals surface area contributed by atoms with E-state index in [1.807, 2.05) is 22.4 Å². The van der Waals surface area contributed by atoms with Gasteiger partial charge in [0, 0.05) is 44.0 Å². The van der Waals surface area contributed by atoms with Gasteiger partial charge >= 0.3 is 0 Å². The second-order valence-electron chi connectivity index (χ2n) is 8.16. The van der Waals surface area contributed by atoms with Gasteiger partial charge in [0.15, 0.2) is 0 Å². The summed E-state index contributed by atoms with van der Waals surface area (Å²) in [5.74, 6) is 0.215. The first-order chi connectivity index (χ1) is 14.2. The number of carbonyl (C=O) groups is 2. The van der Waals surface area contributed by atoms with Gasteiger partial charge in [-0.3, -0.25) is 9.59 Å². The maximum atomic E-state index is 12.7. The number of nitrogens with one attached hydrogen (secondary N) is 2. The molecule has 1 aromatic heterocycles. The Kier molecular flexibility index (Phi) is 6.62. The Morgan fingerprint density at radius 2 is 1.76 bits per heavy atom. The van der Waals surface area contributed by atoms with Gasteiger partial charge in [0.25, 0.3) is 5.91 Å². The van der Waals surface area contributed by atoms with Crippen LogP contribution in [0.25, 0.3) is 0 Å². The predicted molar refractivity (Wildman–Crippen MR) is 115 cm³/mol. The molecule has 0 unspecified atom stereocenters. The quantitative estimate of drug-likeness (QED) is 0.764. The second-order valence-corrected chi connectivity index (χ2v) is 9.11. The highest BCUT2D eigenvalue weighted by Gasteiger charge is 2.28. The second kappa shape index (κ2) is 9.55. The van der Waals surface area contributed by atoms with Gasteiger partial charge in [0.2, 0.25) is 5.91 Å². The minimum atomic E-state index is -0.00115. The van der Waals surface area contributed by atoms with Gasteiger partial charge < -0.3 is 15.1 Å². The SMILES string of the molecule is O=C(NCc1ccccc1C[NH+]1CCCC1)C1CCN(C(=O)c2cccs2)CC1. The minimum Gasteiger partial charge on any atom is -0.352 e. The van der Waals surface area contributed by atoms with Crippen molar-refractivity contribution in [2.24, 2.45) is 5.92 Å². The van der Waals surface area contributed by atoms with Crippen LogP contribution in [0.15, 0.2) is 41.8 Å². The number of quaternary nitrogens is 1. The summed E-state index contributed by atoms with van der Waals surface area (Å²) in [4.78, 5) is 29.5. The molecule has 0 aliphatic carbocycles. The van der Waals surface area contributed by atoms with Crippen LogP contribution in [0.3, 0.4) is 0 Å². The summed E-state index contributed by atoms with van der Waals surface area (Å²) in [6, 6.07) is 12.2. The maximum absolute atomic E-state index is 12.7.